The number of hydrogen-bond acceptors (Lipinski definition) is 5. The first kappa shape index (κ1) is 22.5. The summed E-state index contributed by atoms with van der Waals surface area (Å²) >= 11 is 6.63. The fourth-order valence-electron chi connectivity index (χ4n) is 2.26. The lowest BCUT2D eigenvalue weighted by Gasteiger charge is -2.13. The molecule has 0 atom stereocenters. The molecule has 0 fully saturated rings. The Morgan fingerprint density at radius 3 is 2.48 bits per heavy atom. The SMILES string of the molecule is CCOc1cc(/C=C(\C#N)C(=O)Nc2ccc(Br)cc2)cc(Br)c1OCC(=O)O. The molecule has 0 aliphatic carbocycles. The van der Waals surface area contributed by atoms with Gasteiger partial charge in [0, 0.05) is 10.2 Å². The summed E-state index contributed by atoms with van der Waals surface area (Å²) in [5.41, 5.74) is 0.944. The van der Waals surface area contributed by atoms with Gasteiger partial charge in [0.15, 0.2) is 18.1 Å². The molecule has 0 aliphatic heterocycles. The van der Waals surface area contributed by atoms with Crippen LogP contribution in [0, 0.1) is 11.3 Å². The van der Waals surface area contributed by atoms with Gasteiger partial charge in [0.2, 0.25) is 0 Å². The molecule has 29 heavy (non-hydrogen) atoms. The van der Waals surface area contributed by atoms with E-state index in [1.807, 2.05) is 6.07 Å². The van der Waals surface area contributed by atoms with Gasteiger partial charge in [-0.15, -0.1) is 0 Å². The molecule has 0 heterocycles. The third-order valence-corrected chi connectivity index (χ3v) is 4.57. The Balaban J connectivity index is 2.31. The lowest BCUT2D eigenvalue weighted by atomic mass is 10.1. The third-order valence-electron chi connectivity index (χ3n) is 3.45. The highest BCUT2D eigenvalue weighted by Crippen LogP contribution is 2.37. The number of ether oxygens (including phenoxy) is 2. The molecular formula is C20H16Br2N2O5. The van der Waals surface area contributed by atoms with E-state index in [4.69, 9.17) is 14.6 Å². The Morgan fingerprint density at radius 2 is 1.90 bits per heavy atom. The van der Waals surface area contributed by atoms with E-state index in [1.54, 1.807) is 43.3 Å². The summed E-state index contributed by atoms with van der Waals surface area (Å²) in [5.74, 6) is -1.17. The number of nitriles is 1. The first-order chi connectivity index (χ1) is 13.8. The van der Waals surface area contributed by atoms with Crippen molar-refractivity contribution in [3.63, 3.8) is 0 Å². The molecule has 0 aliphatic rings. The van der Waals surface area contributed by atoms with Crippen molar-refractivity contribution in [2.75, 3.05) is 18.5 Å². The number of nitrogens with one attached hydrogen (secondary N) is 1. The first-order valence-electron chi connectivity index (χ1n) is 8.33. The summed E-state index contributed by atoms with van der Waals surface area (Å²) in [6.07, 6.45) is 1.41. The number of anilines is 1. The van der Waals surface area contributed by atoms with Crippen molar-refractivity contribution in [1.82, 2.24) is 0 Å². The molecule has 0 saturated carbocycles. The monoisotopic (exact) mass is 522 g/mol. The number of hydrogen-bond donors (Lipinski definition) is 2. The predicted molar refractivity (Wildman–Crippen MR) is 115 cm³/mol. The summed E-state index contributed by atoms with van der Waals surface area (Å²) in [7, 11) is 0. The van der Waals surface area contributed by atoms with Crippen molar-refractivity contribution in [3.8, 4) is 17.6 Å². The maximum Gasteiger partial charge on any atom is 0.341 e. The van der Waals surface area contributed by atoms with Crippen LogP contribution in [0.3, 0.4) is 0 Å². The van der Waals surface area contributed by atoms with Crippen molar-refractivity contribution >= 4 is 55.5 Å². The number of halogens is 2. The van der Waals surface area contributed by atoms with Crippen LogP contribution in [0.25, 0.3) is 6.08 Å². The Morgan fingerprint density at radius 1 is 1.21 bits per heavy atom. The molecule has 0 spiro atoms. The maximum absolute atomic E-state index is 12.4. The molecule has 0 unspecified atom stereocenters. The van der Waals surface area contributed by atoms with Crippen molar-refractivity contribution in [1.29, 1.82) is 5.26 Å². The van der Waals surface area contributed by atoms with Crippen LogP contribution in [0.2, 0.25) is 0 Å². The van der Waals surface area contributed by atoms with Gasteiger partial charge in [0.25, 0.3) is 5.91 Å². The van der Waals surface area contributed by atoms with Crippen LogP contribution in [-0.2, 0) is 9.59 Å². The van der Waals surface area contributed by atoms with Crippen molar-refractivity contribution in [2.45, 2.75) is 6.92 Å². The van der Waals surface area contributed by atoms with Crippen LogP contribution < -0.4 is 14.8 Å². The number of carboxylic acids is 1. The molecule has 0 aromatic heterocycles. The Labute approximate surface area is 184 Å². The molecule has 9 heteroatoms. The summed E-state index contributed by atoms with van der Waals surface area (Å²) in [4.78, 5) is 23.2. The van der Waals surface area contributed by atoms with E-state index in [0.29, 0.717) is 28.1 Å². The van der Waals surface area contributed by atoms with Gasteiger partial charge in [0.05, 0.1) is 11.1 Å². The molecule has 0 radical (unpaired) electrons. The quantitative estimate of drug-likeness (QED) is 0.386. The molecule has 1 amide bonds. The molecule has 2 N–H and O–H groups in total. The predicted octanol–water partition coefficient (Wildman–Crippen LogP) is 4.62. The summed E-state index contributed by atoms with van der Waals surface area (Å²) in [6.45, 7) is 1.55. The number of carboxylic acid groups (broad SMARTS) is 1. The van der Waals surface area contributed by atoms with Crippen molar-refractivity contribution < 1.29 is 24.2 Å². The normalized spacial score (nSPS) is 10.8. The van der Waals surface area contributed by atoms with E-state index in [-0.39, 0.29) is 11.3 Å². The minimum absolute atomic E-state index is 0.110. The van der Waals surface area contributed by atoms with E-state index < -0.39 is 18.5 Å². The largest absolute Gasteiger partial charge is 0.490 e. The van der Waals surface area contributed by atoms with Gasteiger partial charge in [-0.25, -0.2) is 4.79 Å². The summed E-state index contributed by atoms with van der Waals surface area (Å²) in [5, 5.41) is 20.9. The Kier molecular flexibility index (Phi) is 8.24. The van der Waals surface area contributed by atoms with Crippen LogP contribution in [0.5, 0.6) is 11.5 Å². The molecule has 2 aromatic rings. The molecule has 150 valence electrons. The molecule has 2 rings (SSSR count). The molecule has 0 saturated heterocycles. The van der Waals surface area contributed by atoms with Crippen molar-refractivity contribution in [2.24, 2.45) is 0 Å². The fraction of sp³-hybridized carbons (Fsp3) is 0.150. The zero-order valence-electron chi connectivity index (χ0n) is 15.2. The van der Waals surface area contributed by atoms with E-state index in [0.717, 1.165) is 4.47 Å². The summed E-state index contributed by atoms with van der Waals surface area (Å²) < 4.78 is 12.1. The van der Waals surface area contributed by atoms with Crippen LogP contribution in [0.1, 0.15) is 12.5 Å². The fourth-order valence-corrected chi connectivity index (χ4v) is 3.09. The van der Waals surface area contributed by atoms with Gasteiger partial charge in [-0.05, 0) is 70.9 Å². The summed E-state index contributed by atoms with van der Waals surface area (Å²) in [6, 6.07) is 12.0. The van der Waals surface area contributed by atoms with Gasteiger partial charge in [-0.1, -0.05) is 15.9 Å². The van der Waals surface area contributed by atoms with Crippen LogP contribution in [0.15, 0.2) is 50.9 Å². The highest BCUT2D eigenvalue weighted by Gasteiger charge is 2.15. The van der Waals surface area contributed by atoms with Crippen molar-refractivity contribution in [3.05, 3.63) is 56.5 Å². The number of carbonyl (C=O) groups excluding carboxylic acids is 1. The second kappa shape index (κ2) is 10.6. The average molecular weight is 524 g/mol. The lowest BCUT2D eigenvalue weighted by molar-refractivity contribution is -0.139. The topological polar surface area (TPSA) is 109 Å². The molecule has 7 nitrogen and oxygen atoms in total. The zero-order chi connectivity index (χ0) is 21.4. The van der Waals surface area contributed by atoms with E-state index in [9.17, 15) is 14.9 Å². The van der Waals surface area contributed by atoms with Crippen LogP contribution >= 0.6 is 31.9 Å². The Bertz CT molecular complexity index is 982. The minimum Gasteiger partial charge on any atom is -0.490 e. The third kappa shape index (κ3) is 6.62. The number of aliphatic carboxylic acids is 1. The number of carbonyl (C=O) groups is 2. The number of benzene rings is 2. The van der Waals surface area contributed by atoms with Gasteiger partial charge < -0.3 is 19.9 Å². The first-order valence-corrected chi connectivity index (χ1v) is 9.92. The second-order valence-electron chi connectivity index (χ2n) is 5.58. The Hall–Kier alpha value is -2.83. The van der Waals surface area contributed by atoms with Gasteiger partial charge >= 0.3 is 5.97 Å². The number of nitrogens with zero attached hydrogens (tertiary/aromatic N) is 1. The molecule has 2 aromatic carbocycles. The van der Waals surface area contributed by atoms with Crippen LogP contribution in [-0.4, -0.2) is 30.2 Å². The number of rotatable bonds is 8. The van der Waals surface area contributed by atoms with Crippen LogP contribution in [0.4, 0.5) is 5.69 Å². The minimum atomic E-state index is -1.13. The van der Waals surface area contributed by atoms with E-state index in [2.05, 4.69) is 37.2 Å². The zero-order valence-corrected chi connectivity index (χ0v) is 18.4. The van der Waals surface area contributed by atoms with E-state index in [1.165, 1.54) is 6.08 Å². The number of amides is 1. The van der Waals surface area contributed by atoms with E-state index >= 15 is 0 Å². The molecule has 0 bridgehead atoms. The van der Waals surface area contributed by atoms with Gasteiger partial charge in [0.1, 0.15) is 11.6 Å². The average Bonchev–Trinajstić information content (AvgIpc) is 2.67. The highest BCUT2D eigenvalue weighted by molar-refractivity contribution is 9.10. The standard InChI is InChI=1S/C20H16Br2N2O5/c1-2-28-17-9-12(8-16(22)19(17)29-11-18(25)26)7-13(10-23)20(27)24-15-5-3-14(21)4-6-15/h3-9H,2,11H2,1H3,(H,24,27)(H,25,26)/b13-7+. The highest BCUT2D eigenvalue weighted by atomic mass is 79.9. The lowest BCUT2D eigenvalue weighted by Crippen LogP contribution is -2.13. The second-order valence-corrected chi connectivity index (χ2v) is 7.35. The van der Waals surface area contributed by atoms with Gasteiger partial charge in [-0.2, -0.15) is 5.26 Å². The smallest absolute Gasteiger partial charge is 0.341 e. The molecular weight excluding hydrogens is 508 g/mol. The maximum atomic E-state index is 12.4. The van der Waals surface area contributed by atoms with Gasteiger partial charge in [-0.3, -0.25) is 4.79 Å².